The summed E-state index contributed by atoms with van der Waals surface area (Å²) in [6, 6.07) is 17.9. The smallest absolute Gasteiger partial charge is 0.227 e. The van der Waals surface area contributed by atoms with Gasteiger partial charge in [-0.15, -0.1) is 0 Å². The van der Waals surface area contributed by atoms with Crippen LogP contribution in [0.2, 0.25) is 0 Å². The van der Waals surface area contributed by atoms with Crippen LogP contribution in [0, 0.1) is 0 Å². The highest BCUT2D eigenvalue weighted by atomic mass is 16.2. The van der Waals surface area contributed by atoms with E-state index in [0.717, 1.165) is 47.5 Å². The van der Waals surface area contributed by atoms with E-state index in [9.17, 15) is 4.79 Å². The molecule has 4 aromatic rings. The van der Waals surface area contributed by atoms with Gasteiger partial charge in [-0.25, -0.2) is 9.50 Å². The van der Waals surface area contributed by atoms with Gasteiger partial charge in [0.25, 0.3) is 0 Å². The first-order valence-corrected chi connectivity index (χ1v) is 10.3. The predicted molar refractivity (Wildman–Crippen MR) is 115 cm³/mol. The first kappa shape index (κ1) is 18.5. The zero-order valence-corrected chi connectivity index (χ0v) is 16.7. The normalized spacial score (nSPS) is 16.7. The topological polar surface area (TPSA) is 63.4 Å². The molecule has 1 aliphatic rings. The Morgan fingerprint density at radius 3 is 2.77 bits per heavy atom. The van der Waals surface area contributed by atoms with Gasteiger partial charge in [0, 0.05) is 48.7 Å². The summed E-state index contributed by atoms with van der Waals surface area (Å²) in [5.41, 5.74) is 3.98. The Labute approximate surface area is 175 Å². The predicted octanol–water partition coefficient (Wildman–Crippen LogP) is 3.74. The molecular weight excluding hydrogens is 374 g/mol. The lowest BCUT2D eigenvalue weighted by Gasteiger charge is -2.31. The van der Waals surface area contributed by atoms with Crippen molar-refractivity contribution in [3.8, 4) is 11.1 Å². The van der Waals surface area contributed by atoms with Crippen molar-refractivity contribution < 1.29 is 4.79 Å². The van der Waals surface area contributed by atoms with Crippen LogP contribution in [0.15, 0.2) is 73.2 Å². The molecular formula is C24H23N5O. The molecule has 0 aliphatic carbocycles. The number of piperidine rings is 1. The van der Waals surface area contributed by atoms with Crippen molar-refractivity contribution in [2.45, 2.75) is 25.2 Å². The molecule has 1 saturated heterocycles. The van der Waals surface area contributed by atoms with Crippen molar-refractivity contribution >= 4 is 11.6 Å². The highest BCUT2D eigenvalue weighted by Gasteiger charge is 2.27. The second-order valence-corrected chi connectivity index (χ2v) is 7.77. The molecule has 1 aromatic carbocycles. The SMILES string of the molecule is O=C(Cc1ccccc1)N1CCCC(c2nc3ccc(-c4cccnc4)cn3n2)C1. The molecule has 4 heterocycles. The van der Waals surface area contributed by atoms with Gasteiger partial charge in [-0.1, -0.05) is 36.4 Å². The second-order valence-electron chi connectivity index (χ2n) is 7.77. The number of benzene rings is 1. The highest BCUT2D eigenvalue weighted by molar-refractivity contribution is 5.79. The number of fused-ring (bicyclic) bond motifs is 1. The number of carbonyl (C=O) groups is 1. The molecule has 0 saturated carbocycles. The van der Waals surface area contributed by atoms with Crippen LogP contribution in [0.3, 0.4) is 0 Å². The van der Waals surface area contributed by atoms with Crippen LogP contribution >= 0.6 is 0 Å². The standard InChI is InChI=1S/C24H23N5O/c30-23(14-18-6-2-1-3-7-18)28-13-5-9-21(16-28)24-26-22-11-10-20(17-29(22)27-24)19-8-4-12-25-15-19/h1-4,6-8,10-12,15,17,21H,5,9,13-14,16H2. The summed E-state index contributed by atoms with van der Waals surface area (Å²) in [6.07, 6.45) is 8.02. The van der Waals surface area contributed by atoms with Crippen LogP contribution in [-0.4, -0.2) is 43.5 Å². The summed E-state index contributed by atoms with van der Waals surface area (Å²) >= 11 is 0. The van der Waals surface area contributed by atoms with Gasteiger partial charge in [-0.3, -0.25) is 9.78 Å². The van der Waals surface area contributed by atoms with E-state index in [1.54, 1.807) is 6.20 Å². The number of likely N-dealkylation sites (tertiary alicyclic amines) is 1. The molecule has 1 atom stereocenters. The van der Waals surface area contributed by atoms with Crippen LogP contribution < -0.4 is 0 Å². The Morgan fingerprint density at radius 2 is 1.93 bits per heavy atom. The van der Waals surface area contributed by atoms with Crippen LogP contribution in [-0.2, 0) is 11.2 Å². The summed E-state index contributed by atoms with van der Waals surface area (Å²) < 4.78 is 1.84. The summed E-state index contributed by atoms with van der Waals surface area (Å²) in [5, 5.41) is 4.75. The van der Waals surface area contributed by atoms with Gasteiger partial charge in [-0.05, 0) is 36.6 Å². The van der Waals surface area contributed by atoms with Crippen molar-refractivity contribution in [3.05, 3.63) is 84.6 Å². The molecule has 1 amide bonds. The first-order chi connectivity index (χ1) is 14.8. The maximum atomic E-state index is 12.8. The van der Waals surface area contributed by atoms with Crippen molar-refractivity contribution in [2.75, 3.05) is 13.1 Å². The zero-order chi connectivity index (χ0) is 20.3. The minimum Gasteiger partial charge on any atom is -0.342 e. The van der Waals surface area contributed by atoms with E-state index in [-0.39, 0.29) is 11.8 Å². The van der Waals surface area contributed by atoms with Gasteiger partial charge in [0.1, 0.15) is 0 Å². The van der Waals surface area contributed by atoms with Gasteiger partial charge in [0.2, 0.25) is 5.91 Å². The summed E-state index contributed by atoms with van der Waals surface area (Å²) in [7, 11) is 0. The van der Waals surface area contributed by atoms with Crippen LogP contribution in [0.4, 0.5) is 0 Å². The minimum absolute atomic E-state index is 0.167. The zero-order valence-electron chi connectivity index (χ0n) is 16.7. The number of rotatable bonds is 4. The van der Waals surface area contributed by atoms with Crippen LogP contribution in [0.1, 0.15) is 30.1 Å². The number of hydrogen-bond donors (Lipinski definition) is 0. The van der Waals surface area contributed by atoms with Crippen LogP contribution in [0.5, 0.6) is 0 Å². The third kappa shape index (κ3) is 3.81. The van der Waals surface area contributed by atoms with Gasteiger partial charge < -0.3 is 4.90 Å². The summed E-state index contributed by atoms with van der Waals surface area (Å²) in [6.45, 7) is 1.48. The van der Waals surface area contributed by atoms with Gasteiger partial charge in [0.05, 0.1) is 6.42 Å². The quantitative estimate of drug-likeness (QED) is 0.526. The number of carbonyl (C=O) groups excluding carboxylic acids is 1. The largest absolute Gasteiger partial charge is 0.342 e. The van der Waals surface area contributed by atoms with Gasteiger partial charge in [-0.2, -0.15) is 5.10 Å². The van der Waals surface area contributed by atoms with Crippen LogP contribution in [0.25, 0.3) is 16.8 Å². The molecule has 30 heavy (non-hydrogen) atoms. The number of amides is 1. The molecule has 1 aliphatic heterocycles. The molecule has 0 spiro atoms. The molecule has 150 valence electrons. The average molecular weight is 397 g/mol. The lowest BCUT2D eigenvalue weighted by atomic mass is 9.97. The van der Waals surface area contributed by atoms with E-state index in [1.165, 1.54) is 0 Å². The Hall–Kier alpha value is -3.54. The van der Waals surface area contributed by atoms with E-state index in [2.05, 4.69) is 4.98 Å². The van der Waals surface area contributed by atoms with E-state index in [1.807, 2.05) is 76.4 Å². The molecule has 3 aromatic heterocycles. The minimum atomic E-state index is 0.167. The fraction of sp³-hybridized carbons (Fsp3) is 0.250. The summed E-state index contributed by atoms with van der Waals surface area (Å²) in [5.74, 6) is 1.16. The maximum absolute atomic E-state index is 12.8. The number of aromatic nitrogens is 4. The molecule has 0 bridgehead atoms. The average Bonchev–Trinajstić information content (AvgIpc) is 3.24. The van der Waals surface area contributed by atoms with E-state index in [0.29, 0.717) is 13.0 Å². The first-order valence-electron chi connectivity index (χ1n) is 10.3. The molecule has 5 rings (SSSR count). The van der Waals surface area contributed by atoms with Crippen molar-refractivity contribution in [1.82, 2.24) is 24.5 Å². The lowest BCUT2D eigenvalue weighted by molar-refractivity contribution is -0.131. The number of hydrogen-bond acceptors (Lipinski definition) is 4. The highest BCUT2D eigenvalue weighted by Crippen LogP contribution is 2.26. The third-order valence-corrected chi connectivity index (χ3v) is 5.68. The molecule has 1 unspecified atom stereocenters. The monoisotopic (exact) mass is 397 g/mol. The fourth-order valence-corrected chi connectivity index (χ4v) is 4.07. The summed E-state index contributed by atoms with van der Waals surface area (Å²) in [4.78, 5) is 23.7. The number of pyridine rings is 2. The molecule has 0 radical (unpaired) electrons. The van der Waals surface area contributed by atoms with E-state index >= 15 is 0 Å². The Morgan fingerprint density at radius 1 is 1.03 bits per heavy atom. The van der Waals surface area contributed by atoms with Crippen molar-refractivity contribution in [2.24, 2.45) is 0 Å². The maximum Gasteiger partial charge on any atom is 0.227 e. The second kappa shape index (κ2) is 8.06. The van der Waals surface area contributed by atoms with Crippen molar-refractivity contribution in [3.63, 3.8) is 0 Å². The van der Waals surface area contributed by atoms with E-state index < -0.39 is 0 Å². The molecule has 0 N–H and O–H groups in total. The van der Waals surface area contributed by atoms with Gasteiger partial charge >= 0.3 is 0 Å². The molecule has 1 fully saturated rings. The molecule has 6 heteroatoms. The van der Waals surface area contributed by atoms with Gasteiger partial charge in [0.15, 0.2) is 11.5 Å². The van der Waals surface area contributed by atoms with Crippen molar-refractivity contribution in [1.29, 1.82) is 0 Å². The lowest BCUT2D eigenvalue weighted by Crippen LogP contribution is -2.40. The fourth-order valence-electron chi connectivity index (χ4n) is 4.07. The Balaban J connectivity index is 1.34. The van der Waals surface area contributed by atoms with E-state index in [4.69, 9.17) is 10.1 Å². The number of nitrogens with zero attached hydrogens (tertiary/aromatic N) is 5. The Bertz CT molecular complexity index is 1160. The third-order valence-electron chi connectivity index (χ3n) is 5.68. The molecule has 6 nitrogen and oxygen atoms in total. The Kier molecular flexibility index (Phi) is 4.97.